The van der Waals surface area contributed by atoms with Crippen molar-refractivity contribution in [3.8, 4) is 0 Å². The van der Waals surface area contributed by atoms with Crippen LogP contribution >= 0.6 is 0 Å². The molecule has 0 bridgehead atoms. The summed E-state index contributed by atoms with van der Waals surface area (Å²) >= 11 is 0. The first-order valence-electron chi connectivity index (χ1n) is 5.68. The van der Waals surface area contributed by atoms with Crippen LogP contribution in [0.2, 0.25) is 0 Å². The molecule has 76 valence electrons. The van der Waals surface area contributed by atoms with Crippen molar-refractivity contribution in [1.82, 2.24) is 4.90 Å². The first-order valence-corrected chi connectivity index (χ1v) is 5.68. The average Bonchev–Trinajstić information content (AvgIpc) is 2.83. The lowest BCUT2D eigenvalue weighted by molar-refractivity contribution is 0.126. The van der Waals surface area contributed by atoms with Gasteiger partial charge in [-0.25, -0.2) is 0 Å². The molecule has 0 saturated heterocycles. The minimum absolute atomic E-state index is 0.378. The van der Waals surface area contributed by atoms with Crippen molar-refractivity contribution >= 4 is 0 Å². The van der Waals surface area contributed by atoms with Crippen molar-refractivity contribution in [1.29, 1.82) is 0 Å². The van der Waals surface area contributed by atoms with Gasteiger partial charge in [-0.1, -0.05) is 12.8 Å². The van der Waals surface area contributed by atoms with Gasteiger partial charge in [-0.15, -0.1) is 0 Å². The maximum atomic E-state index is 5.92. The lowest BCUT2D eigenvalue weighted by atomic mass is 9.95. The van der Waals surface area contributed by atoms with E-state index in [1.54, 1.807) is 0 Å². The Balaban J connectivity index is 1.92. The predicted molar refractivity (Wildman–Crippen MR) is 55.6 cm³/mol. The maximum absolute atomic E-state index is 5.92. The molecular formula is C11H22N2. The van der Waals surface area contributed by atoms with Gasteiger partial charge in [0.15, 0.2) is 0 Å². The highest BCUT2D eigenvalue weighted by molar-refractivity contribution is 4.96. The van der Waals surface area contributed by atoms with Crippen molar-refractivity contribution in [2.24, 2.45) is 11.7 Å². The van der Waals surface area contributed by atoms with E-state index < -0.39 is 0 Å². The van der Waals surface area contributed by atoms with Gasteiger partial charge in [0.1, 0.15) is 0 Å². The molecule has 2 aliphatic rings. The fourth-order valence-corrected chi connectivity index (χ4v) is 2.66. The molecule has 0 atom stereocenters. The molecule has 0 spiro atoms. The van der Waals surface area contributed by atoms with Crippen molar-refractivity contribution in [3.05, 3.63) is 0 Å². The van der Waals surface area contributed by atoms with Crippen LogP contribution in [0.5, 0.6) is 0 Å². The second-order valence-electron chi connectivity index (χ2n) is 4.96. The Morgan fingerprint density at radius 1 is 1.31 bits per heavy atom. The predicted octanol–water partition coefficient (Wildman–Crippen LogP) is 1.60. The summed E-state index contributed by atoms with van der Waals surface area (Å²) in [5.74, 6) is 0.994. The summed E-state index contributed by atoms with van der Waals surface area (Å²) in [6, 6.07) is 0. The molecule has 0 aromatic heterocycles. The molecule has 2 rings (SSSR count). The lowest BCUT2D eigenvalue weighted by Gasteiger charge is -2.38. The smallest absolute Gasteiger partial charge is 0.0328 e. The molecule has 2 aliphatic carbocycles. The normalized spacial score (nSPS) is 27.0. The first-order chi connectivity index (χ1) is 6.27. The van der Waals surface area contributed by atoms with Crippen molar-refractivity contribution < 1.29 is 0 Å². The number of nitrogens with two attached hydrogens (primary N) is 1. The van der Waals surface area contributed by atoms with Crippen LogP contribution in [0.15, 0.2) is 0 Å². The molecule has 2 saturated carbocycles. The van der Waals surface area contributed by atoms with Crippen molar-refractivity contribution in [2.45, 2.75) is 44.1 Å². The monoisotopic (exact) mass is 182 g/mol. The van der Waals surface area contributed by atoms with E-state index in [0.29, 0.717) is 5.54 Å². The molecule has 2 nitrogen and oxygen atoms in total. The highest BCUT2D eigenvalue weighted by Gasteiger charge is 2.38. The fourth-order valence-electron chi connectivity index (χ4n) is 2.66. The van der Waals surface area contributed by atoms with Gasteiger partial charge in [-0.3, -0.25) is 4.90 Å². The number of likely N-dealkylation sites (N-methyl/N-ethyl adjacent to an activating group) is 1. The number of hydrogen-bond donors (Lipinski definition) is 1. The minimum Gasteiger partial charge on any atom is -0.329 e. The number of rotatable bonds is 4. The highest BCUT2D eigenvalue weighted by Crippen LogP contribution is 2.37. The Morgan fingerprint density at radius 2 is 1.92 bits per heavy atom. The van der Waals surface area contributed by atoms with Gasteiger partial charge in [0.05, 0.1) is 0 Å². The van der Waals surface area contributed by atoms with Gasteiger partial charge in [-0.05, 0) is 38.6 Å². The standard InChI is InChI=1S/C11H22N2/c1-13(8-10-4-5-10)11(9-12)6-2-3-7-11/h10H,2-9,12H2,1H3. The zero-order valence-electron chi connectivity index (χ0n) is 8.76. The number of nitrogens with zero attached hydrogens (tertiary/aromatic N) is 1. The Labute approximate surface area is 81.5 Å². The van der Waals surface area contributed by atoms with Crippen LogP contribution in [0.4, 0.5) is 0 Å². The van der Waals surface area contributed by atoms with Crippen LogP contribution in [0.3, 0.4) is 0 Å². The second kappa shape index (κ2) is 3.58. The van der Waals surface area contributed by atoms with E-state index in [1.807, 2.05) is 0 Å². The van der Waals surface area contributed by atoms with Crippen molar-refractivity contribution in [3.63, 3.8) is 0 Å². The van der Waals surface area contributed by atoms with E-state index in [0.717, 1.165) is 12.5 Å². The summed E-state index contributed by atoms with van der Waals surface area (Å²) in [7, 11) is 2.27. The number of hydrogen-bond acceptors (Lipinski definition) is 2. The molecule has 0 aromatic rings. The Bertz CT molecular complexity index is 169. The van der Waals surface area contributed by atoms with Crippen LogP contribution < -0.4 is 5.73 Å². The van der Waals surface area contributed by atoms with Crippen LogP contribution in [0, 0.1) is 5.92 Å². The summed E-state index contributed by atoms with van der Waals surface area (Å²) in [6.07, 6.45) is 8.31. The van der Waals surface area contributed by atoms with E-state index in [1.165, 1.54) is 45.1 Å². The fraction of sp³-hybridized carbons (Fsp3) is 1.00. The van der Waals surface area contributed by atoms with Gasteiger partial charge in [-0.2, -0.15) is 0 Å². The molecule has 2 fully saturated rings. The van der Waals surface area contributed by atoms with Crippen LogP contribution in [0.25, 0.3) is 0 Å². The molecule has 0 radical (unpaired) electrons. The molecule has 2 heteroatoms. The summed E-state index contributed by atoms with van der Waals surface area (Å²) in [6.45, 7) is 2.15. The third kappa shape index (κ3) is 1.89. The summed E-state index contributed by atoms with van der Waals surface area (Å²) in [5.41, 5.74) is 6.30. The maximum Gasteiger partial charge on any atom is 0.0328 e. The minimum atomic E-state index is 0.378. The topological polar surface area (TPSA) is 29.3 Å². The SMILES string of the molecule is CN(CC1CC1)C1(CN)CCCC1. The Hall–Kier alpha value is -0.0800. The van der Waals surface area contributed by atoms with Gasteiger partial charge >= 0.3 is 0 Å². The highest BCUT2D eigenvalue weighted by atomic mass is 15.2. The van der Waals surface area contributed by atoms with E-state index in [2.05, 4.69) is 11.9 Å². The van der Waals surface area contributed by atoms with Gasteiger partial charge in [0.2, 0.25) is 0 Å². The third-order valence-electron chi connectivity index (χ3n) is 3.95. The first kappa shape index (κ1) is 9.47. The van der Waals surface area contributed by atoms with E-state index in [-0.39, 0.29) is 0 Å². The zero-order chi connectivity index (χ0) is 9.31. The summed E-state index contributed by atoms with van der Waals surface area (Å²) in [5, 5.41) is 0. The average molecular weight is 182 g/mol. The molecule has 0 heterocycles. The van der Waals surface area contributed by atoms with Gasteiger partial charge < -0.3 is 5.73 Å². The molecule has 0 aromatic carbocycles. The lowest BCUT2D eigenvalue weighted by Crippen LogP contribution is -2.50. The molecular weight excluding hydrogens is 160 g/mol. The third-order valence-corrected chi connectivity index (χ3v) is 3.95. The quantitative estimate of drug-likeness (QED) is 0.715. The van der Waals surface area contributed by atoms with Gasteiger partial charge in [0, 0.05) is 18.6 Å². The summed E-state index contributed by atoms with van der Waals surface area (Å²) < 4.78 is 0. The van der Waals surface area contributed by atoms with Crippen LogP contribution in [0.1, 0.15) is 38.5 Å². The van der Waals surface area contributed by atoms with Crippen molar-refractivity contribution in [2.75, 3.05) is 20.1 Å². The zero-order valence-corrected chi connectivity index (χ0v) is 8.76. The Kier molecular flexibility index (Phi) is 2.61. The van der Waals surface area contributed by atoms with E-state index >= 15 is 0 Å². The van der Waals surface area contributed by atoms with E-state index in [9.17, 15) is 0 Å². The Morgan fingerprint density at radius 3 is 2.38 bits per heavy atom. The largest absolute Gasteiger partial charge is 0.329 e. The second-order valence-corrected chi connectivity index (χ2v) is 4.96. The van der Waals surface area contributed by atoms with Crippen LogP contribution in [-0.4, -0.2) is 30.6 Å². The van der Waals surface area contributed by atoms with Crippen LogP contribution in [-0.2, 0) is 0 Å². The van der Waals surface area contributed by atoms with E-state index in [4.69, 9.17) is 5.73 Å². The molecule has 0 unspecified atom stereocenters. The molecule has 13 heavy (non-hydrogen) atoms. The molecule has 0 aliphatic heterocycles. The van der Waals surface area contributed by atoms with Gasteiger partial charge in [0.25, 0.3) is 0 Å². The summed E-state index contributed by atoms with van der Waals surface area (Å²) in [4.78, 5) is 2.55. The molecule has 0 amide bonds. The molecule has 2 N–H and O–H groups in total.